The van der Waals surface area contributed by atoms with Gasteiger partial charge in [0.1, 0.15) is 5.75 Å². The maximum Gasteiger partial charge on any atom is 0.416 e. The smallest absolute Gasteiger partial charge is 0.416 e. The normalized spacial score (nSPS) is 20.0. The molecule has 2 aromatic carbocycles. The first-order valence-electron chi connectivity index (χ1n) is 10.1. The van der Waals surface area contributed by atoms with Crippen molar-refractivity contribution >= 4 is 28.8 Å². The Hall–Kier alpha value is -3.33. The average Bonchev–Trinajstić information content (AvgIpc) is 2.71. The molecule has 166 valence electrons. The van der Waals surface area contributed by atoms with Gasteiger partial charge in [0.15, 0.2) is 5.60 Å². The van der Waals surface area contributed by atoms with Gasteiger partial charge in [-0.2, -0.15) is 13.2 Å². The van der Waals surface area contributed by atoms with Crippen LogP contribution in [0.25, 0.3) is 5.57 Å². The first-order valence-corrected chi connectivity index (χ1v) is 10.1. The molecule has 1 spiro atoms. The molecule has 0 aliphatic carbocycles. The molecule has 0 aromatic heterocycles. The maximum absolute atomic E-state index is 13.2. The van der Waals surface area contributed by atoms with E-state index in [1.54, 1.807) is 12.1 Å². The van der Waals surface area contributed by atoms with Crippen LogP contribution in [0.5, 0.6) is 5.75 Å². The Morgan fingerprint density at radius 1 is 1.12 bits per heavy atom. The van der Waals surface area contributed by atoms with Crippen LogP contribution in [0.1, 0.15) is 29.5 Å². The minimum Gasteiger partial charge on any atom is -0.481 e. The van der Waals surface area contributed by atoms with E-state index in [1.807, 2.05) is 6.07 Å². The molecule has 3 aliphatic heterocycles. The molecule has 0 saturated carbocycles. The Bertz CT molecular complexity index is 1150. The third-order valence-corrected chi connectivity index (χ3v) is 5.80. The summed E-state index contributed by atoms with van der Waals surface area (Å²) in [6, 6.07) is 8.57. The highest BCUT2D eigenvalue weighted by Gasteiger charge is 2.46. The number of carbonyl (C=O) groups is 2. The monoisotopic (exact) mass is 444 g/mol. The van der Waals surface area contributed by atoms with E-state index in [2.05, 4.69) is 10.6 Å². The lowest BCUT2D eigenvalue weighted by Crippen LogP contribution is -2.55. The lowest BCUT2D eigenvalue weighted by atomic mass is 9.85. The minimum atomic E-state index is -4.50. The number of fused-ring (bicyclic) bond motifs is 2. The molecule has 6 nitrogen and oxygen atoms in total. The molecule has 3 heterocycles. The number of carbonyl (C=O) groups excluding carboxylic acids is 2. The van der Waals surface area contributed by atoms with Crippen molar-refractivity contribution in [3.63, 3.8) is 0 Å². The molecule has 1 fully saturated rings. The van der Waals surface area contributed by atoms with Crippen LogP contribution in [-0.4, -0.2) is 30.6 Å². The summed E-state index contributed by atoms with van der Waals surface area (Å²) in [6.45, 7) is 0.484. The predicted molar refractivity (Wildman–Crippen MR) is 110 cm³/mol. The van der Waals surface area contributed by atoms with Gasteiger partial charge in [0, 0.05) is 35.9 Å². The number of hydrogen-bond acceptors (Lipinski definition) is 4. The highest BCUT2D eigenvalue weighted by molar-refractivity contribution is 6.05. The molecule has 2 amide bonds. The topological polar surface area (TPSA) is 76.7 Å². The molecule has 5 rings (SSSR count). The van der Waals surface area contributed by atoms with Crippen molar-refractivity contribution in [2.24, 2.45) is 0 Å². The number of aryl methyl sites for hydroxylation is 1. The van der Waals surface area contributed by atoms with E-state index >= 15 is 0 Å². The van der Waals surface area contributed by atoms with E-state index < -0.39 is 23.2 Å². The molecule has 0 unspecified atom stereocenters. The van der Waals surface area contributed by atoms with Gasteiger partial charge >= 0.3 is 6.18 Å². The van der Waals surface area contributed by atoms with Crippen molar-refractivity contribution in [3.05, 3.63) is 59.2 Å². The third kappa shape index (κ3) is 3.84. The highest BCUT2D eigenvalue weighted by atomic mass is 19.4. The summed E-state index contributed by atoms with van der Waals surface area (Å²) in [7, 11) is 0. The molecule has 32 heavy (non-hydrogen) atoms. The second-order valence-electron chi connectivity index (χ2n) is 8.24. The van der Waals surface area contributed by atoms with E-state index in [-0.39, 0.29) is 24.9 Å². The molecule has 0 bridgehead atoms. The summed E-state index contributed by atoms with van der Waals surface area (Å²) in [6.07, 6.45) is -1.71. The molecule has 2 aromatic rings. The second-order valence-corrected chi connectivity index (χ2v) is 8.24. The first-order chi connectivity index (χ1) is 15.2. The molecule has 9 heteroatoms. The summed E-state index contributed by atoms with van der Waals surface area (Å²) in [5, 5.41) is 5.55. The van der Waals surface area contributed by atoms with Crippen molar-refractivity contribution in [1.82, 2.24) is 0 Å². The van der Waals surface area contributed by atoms with Crippen molar-refractivity contribution in [2.75, 3.05) is 23.8 Å². The van der Waals surface area contributed by atoms with Crippen LogP contribution in [0.4, 0.5) is 24.5 Å². The van der Waals surface area contributed by atoms with Crippen molar-refractivity contribution in [2.45, 2.75) is 31.0 Å². The van der Waals surface area contributed by atoms with Crippen LogP contribution in [-0.2, 0) is 26.9 Å². The molecule has 1 saturated heterocycles. The number of anilines is 2. The van der Waals surface area contributed by atoms with Crippen LogP contribution >= 0.6 is 0 Å². The van der Waals surface area contributed by atoms with Crippen LogP contribution < -0.4 is 15.4 Å². The number of alkyl halides is 3. The zero-order valence-corrected chi connectivity index (χ0v) is 16.8. The zero-order chi connectivity index (χ0) is 22.5. The number of halogens is 3. The largest absolute Gasteiger partial charge is 0.481 e. The van der Waals surface area contributed by atoms with Gasteiger partial charge in [0.05, 0.1) is 18.8 Å². The minimum absolute atomic E-state index is 0.0758. The Morgan fingerprint density at radius 2 is 1.94 bits per heavy atom. The van der Waals surface area contributed by atoms with Gasteiger partial charge in [-0.1, -0.05) is 12.1 Å². The number of amides is 2. The fourth-order valence-electron chi connectivity index (χ4n) is 4.17. The summed E-state index contributed by atoms with van der Waals surface area (Å²) in [4.78, 5) is 24.4. The Morgan fingerprint density at radius 3 is 2.66 bits per heavy atom. The van der Waals surface area contributed by atoms with Crippen molar-refractivity contribution in [3.8, 4) is 5.75 Å². The highest BCUT2D eigenvalue weighted by Crippen LogP contribution is 2.45. The van der Waals surface area contributed by atoms with Crippen LogP contribution in [0.3, 0.4) is 0 Å². The molecule has 0 radical (unpaired) electrons. The van der Waals surface area contributed by atoms with Gasteiger partial charge in [-0.25, -0.2) is 0 Å². The standard InChI is InChI=1S/C23H19F3N2O4/c24-23(25,26)15-3-5-17-14(10-22(11-31-12-22)32-19(17)8-15)7-21(30)27-16-4-1-13-2-6-20(29)28-18(13)9-16/h1,3-5,7-9H,2,6,10-12H2,(H,27,30)(H,28,29)/b14-7+. The maximum atomic E-state index is 13.2. The fourth-order valence-corrected chi connectivity index (χ4v) is 4.17. The number of ether oxygens (including phenoxy) is 2. The van der Waals surface area contributed by atoms with Gasteiger partial charge in [-0.05, 0) is 41.8 Å². The van der Waals surface area contributed by atoms with Gasteiger partial charge in [0.2, 0.25) is 11.8 Å². The predicted octanol–water partition coefficient (Wildman–Crippen LogP) is 4.16. The van der Waals surface area contributed by atoms with Gasteiger partial charge < -0.3 is 20.1 Å². The van der Waals surface area contributed by atoms with Crippen LogP contribution in [0, 0.1) is 0 Å². The molecular weight excluding hydrogens is 425 g/mol. The molecule has 0 atom stereocenters. The quantitative estimate of drug-likeness (QED) is 0.682. The SMILES string of the molecule is O=C(/C=C1\CC2(COC2)Oc2cc(C(F)(F)F)ccc21)Nc1ccc2c(c1)NC(=O)CC2. The summed E-state index contributed by atoms with van der Waals surface area (Å²) in [5.74, 6) is -0.414. The summed E-state index contributed by atoms with van der Waals surface area (Å²) in [5.41, 5.74) is 1.61. The number of benzene rings is 2. The van der Waals surface area contributed by atoms with E-state index in [1.165, 1.54) is 12.1 Å². The van der Waals surface area contributed by atoms with Gasteiger partial charge in [0.25, 0.3) is 0 Å². The van der Waals surface area contributed by atoms with Crippen molar-refractivity contribution in [1.29, 1.82) is 0 Å². The number of nitrogens with one attached hydrogen (secondary N) is 2. The summed E-state index contributed by atoms with van der Waals surface area (Å²) >= 11 is 0. The first kappa shape index (κ1) is 20.6. The molecule has 2 N–H and O–H groups in total. The summed E-state index contributed by atoms with van der Waals surface area (Å²) < 4.78 is 50.6. The average molecular weight is 444 g/mol. The van der Waals surface area contributed by atoms with Crippen molar-refractivity contribution < 1.29 is 32.2 Å². The zero-order valence-electron chi connectivity index (χ0n) is 16.8. The fraction of sp³-hybridized carbons (Fsp3) is 0.304. The van der Waals surface area contributed by atoms with Crippen LogP contribution in [0.15, 0.2) is 42.5 Å². The van der Waals surface area contributed by atoms with Crippen LogP contribution in [0.2, 0.25) is 0 Å². The second kappa shape index (κ2) is 7.37. The van der Waals surface area contributed by atoms with E-state index in [9.17, 15) is 22.8 Å². The van der Waals surface area contributed by atoms with E-state index in [0.717, 1.165) is 17.7 Å². The number of hydrogen-bond donors (Lipinski definition) is 2. The number of rotatable bonds is 2. The lowest BCUT2D eigenvalue weighted by Gasteiger charge is -2.45. The van der Waals surface area contributed by atoms with Gasteiger partial charge in [-0.15, -0.1) is 0 Å². The van der Waals surface area contributed by atoms with Gasteiger partial charge in [-0.3, -0.25) is 9.59 Å². The Labute approximate surface area is 181 Å². The Balaban J connectivity index is 1.42. The third-order valence-electron chi connectivity index (χ3n) is 5.80. The molecular formula is C23H19F3N2O4. The van der Waals surface area contributed by atoms with E-state index in [4.69, 9.17) is 9.47 Å². The van der Waals surface area contributed by atoms with E-state index in [0.29, 0.717) is 41.8 Å². The molecule has 3 aliphatic rings. The Kier molecular flexibility index (Phi) is 4.74. The lowest BCUT2D eigenvalue weighted by molar-refractivity contribution is -0.161.